The van der Waals surface area contributed by atoms with Crippen molar-refractivity contribution in [1.29, 1.82) is 0 Å². The minimum absolute atomic E-state index is 0.0318. The zero-order valence-electron chi connectivity index (χ0n) is 9.99. The van der Waals surface area contributed by atoms with Gasteiger partial charge in [0.15, 0.2) is 0 Å². The third-order valence-electron chi connectivity index (χ3n) is 3.47. The molecule has 1 heterocycles. The average molecular weight is 232 g/mol. The van der Waals surface area contributed by atoms with Crippen LogP contribution >= 0.6 is 12.0 Å². The van der Waals surface area contributed by atoms with Crippen molar-refractivity contribution >= 4 is 17.2 Å². The van der Waals surface area contributed by atoms with E-state index in [0.29, 0.717) is 6.61 Å². The van der Waals surface area contributed by atoms with E-state index in [4.69, 9.17) is 4.18 Å². The Morgan fingerprint density at radius 2 is 2.27 bits per heavy atom. The number of likely N-dealkylation sites (N-methyl/N-ethyl adjacent to an activating group) is 1. The minimum Gasteiger partial charge on any atom is -0.322 e. The summed E-state index contributed by atoms with van der Waals surface area (Å²) < 4.78 is 6.36. The highest BCUT2D eigenvalue weighted by Gasteiger charge is 2.31. The lowest BCUT2D eigenvalue weighted by Gasteiger charge is -2.43. The number of nitrogens with zero attached hydrogens (tertiary/aromatic N) is 1. The van der Waals surface area contributed by atoms with E-state index in [0.717, 1.165) is 29.1 Å². The number of piperidine rings is 1. The summed E-state index contributed by atoms with van der Waals surface area (Å²) in [7, 11) is 2.30. The summed E-state index contributed by atoms with van der Waals surface area (Å²) in [5, 5.41) is 0.0318. The number of rotatable bonds is 4. The maximum absolute atomic E-state index is 10.7. The molecule has 3 nitrogen and oxygen atoms in total. The van der Waals surface area contributed by atoms with Gasteiger partial charge in [0.25, 0.3) is 0 Å². The molecule has 1 aliphatic rings. The molecular weight excluding hydrogens is 210 g/mol. The number of quaternary nitrogens is 1. The smallest absolute Gasteiger partial charge is 0.212 e. The molecule has 15 heavy (non-hydrogen) atoms. The first-order valence-corrected chi connectivity index (χ1v) is 6.43. The zero-order valence-corrected chi connectivity index (χ0v) is 10.8. The molecule has 0 radical (unpaired) electrons. The number of hydrogen-bond donors (Lipinski definition) is 0. The fourth-order valence-electron chi connectivity index (χ4n) is 2.15. The quantitative estimate of drug-likeness (QED) is 0.422. The van der Waals surface area contributed by atoms with Gasteiger partial charge in [0.05, 0.1) is 31.7 Å². The van der Waals surface area contributed by atoms with Crippen LogP contribution in [0.5, 0.6) is 0 Å². The lowest BCUT2D eigenvalue weighted by Crippen LogP contribution is -2.55. The van der Waals surface area contributed by atoms with Crippen molar-refractivity contribution in [3.8, 4) is 0 Å². The summed E-state index contributed by atoms with van der Waals surface area (Å²) in [6, 6.07) is 0.727. The molecule has 0 saturated carbocycles. The topological polar surface area (TPSA) is 26.3 Å². The molecule has 88 valence electrons. The van der Waals surface area contributed by atoms with Gasteiger partial charge >= 0.3 is 0 Å². The molecule has 0 spiro atoms. The molecule has 2 atom stereocenters. The maximum atomic E-state index is 10.7. The summed E-state index contributed by atoms with van der Waals surface area (Å²) in [5.41, 5.74) is 0. The number of hydrogen-bond acceptors (Lipinski definition) is 3. The molecule has 2 unspecified atom stereocenters. The van der Waals surface area contributed by atoms with Crippen LogP contribution in [0.15, 0.2) is 0 Å². The Bertz CT molecular complexity index is 223. The minimum atomic E-state index is 0.0318. The lowest BCUT2D eigenvalue weighted by atomic mass is 10.0. The summed E-state index contributed by atoms with van der Waals surface area (Å²) in [6.45, 7) is 6.78. The highest BCUT2D eigenvalue weighted by atomic mass is 32.2. The monoisotopic (exact) mass is 232 g/mol. The Labute approximate surface area is 97.0 Å². The molecule has 0 bridgehead atoms. The van der Waals surface area contributed by atoms with E-state index >= 15 is 0 Å². The molecule has 0 aromatic carbocycles. The van der Waals surface area contributed by atoms with Gasteiger partial charge in [-0.2, -0.15) is 0 Å². The van der Waals surface area contributed by atoms with Crippen LogP contribution in [-0.2, 0) is 8.98 Å². The van der Waals surface area contributed by atoms with Crippen LogP contribution in [0.25, 0.3) is 0 Å². The normalized spacial score (nSPS) is 31.5. The summed E-state index contributed by atoms with van der Waals surface area (Å²) in [5.74, 6) is 0. The molecule has 1 rings (SSSR count). The molecule has 4 heteroatoms. The molecule has 0 aliphatic carbocycles. The highest BCUT2D eigenvalue weighted by Crippen LogP contribution is 2.23. The Morgan fingerprint density at radius 1 is 1.53 bits per heavy atom. The van der Waals surface area contributed by atoms with Gasteiger partial charge in [-0.05, 0) is 26.2 Å². The third-order valence-corrected chi connectivity index (χ3v) is 3.99. The summed E-state index contributed by atoms with van der Waals surface area (Å²) >= 11 is 0.971. The summed E-state index contributed by atoms with van der Waals surface area (Å²) in [6.07, 6.45) is 4.00. The first-order valence-electron chi connectivity index (χ1n) is 5.69. The van der Waals surface area contributed by atoms with Gasteiger partial charge in [0.1, 0.15) is 13.2 Å². The molecule has 1 aliphatic heterocycles. The molecule has 1 fully saturated rings. The van der Waals surface area contributed by atoms with E-state index in [2.05, 4.69) is 14.0 Å². The molecule has 0 amide bonds. The van der Waals surface area contributed by atoms with Crippen molar-refractivity contribution in [3.05, 3.63) is 0 Å². The predicted octanol–water partition coefficient (Wildman–Crippen LogP) is 2.22. The zero-order chi connectivity index (χ0) is 11.3. The fraction of sp³-hybridized carbons (Fsp3) is 0.909. The van der Waals surface area contributed by atoms with Gasteiger partial charge in [-0.25, -0.2) is 0 Å². The largest absolute Gasteiger partial charge is 0.322 e. The van der Waals surface area contributed by atoms with Gasteiger partial charge in [-0.1, -0.05) is 0 Å². The molecular formula is C11H22NO2S+. The van der Waals surface area contributed by atoms with E-state index in [1.54, 1.807) is 0 Å². The third kappa shape index (κ3) is 4.13. The van der Waals surface area contributed by atoms with E-state index in [1.165, 1.54) is 32.7 Å². The average Bonchev–Trinajstić information content (AvgIpc) is 2.18. The second-order valence-electron chi connectivity index (χ2n) is 4.67. The number of carbonyl (C=O) groups is 1. The van der Waals surface area contributed by atoms with Crippen molar-refractivity contribution in [1.82, 2.24) is 0 Å². The predicted molar refractivity (Wildman–Crippen MR) is 63.5 cm³/mol. The van der Waals surface area contributed by atoms with Crippen molar-refractivity contribution in [3.63, 3.8) is 0 Å². The standard InChI is InChI=1S/C11H22NO2S/c1-10-6-4-5-7-12(10,3)8-9-14-15-11(2)13/h10H,4-9H2,1-3H3/q+1. The molecule has 0 aromatic rings. The fourth-order valence-corrected chi connectivity index (χ4v) is 2.47. The SMILES string of the molecule is CC(=O)SOCC[N+]1(C)CCCCC1C. The second kappa shape index (κ2) is 5.87. The van der Waals surface area contributed by atoms with Crippen LogP contribution in [0.2, 0.25) is 0 Å². The first-order chi connectivity index (χ1) is 7.04. The van der Waals surface area contributed by atoms with E-state index in [-0.39, 0.29) is 5.12 Å². The van der Waals surface area contributed by atoms with Crippen LogP contribution in [0, 0.1) is 0 Å². The highest BCUT2D eigenvalue weighted by molar-refractivity contribution is 8.09. The Balaban J connectivity index is 2.25. The number of likely N-dealkylation sites (tertiary alicyclic amines) is 1. The van der Waals surface area contributed by atoms with Gasteiger partial charge in [0, 0.05) is 6.92 Å². The van der Waals surface area contributed by atoms with Crippen LogP contribution in [0.4, 0.5) is 0 Å². The van der Waals surface area contributed by atoms with Gasteiger partial charge in [-0.15, -0.1) is 0 Å². The van der Waals surface area contributed by atoms with Crippen LogP contribution in [0.1, 0.15) is 33.1 Å². The first kappa shape index (κ1) is 13.0. The van der Waals surface area contributed by atoms with Gasteiger partial charge in [-0.3, -0.25) is 4.79 Å². The molecule has 0 aromatic heterocycles. The van der Waals surface area contributed by atoms with E-state index in [9.17, 15) is 4.79 Å². The molecule has 0 N–H and O–H groups in total. The van der Waals surface area contributed by atoms with Crippen LogP contribution in [0.3, 0.4) is 0 Å². The maximum Gasteiger partial charge on any atom is 0.212 e. The Morgan fingerprint density at radius 3 is 2.87 bits per heavy atom. The Kier molecular flexibility index (Phi) is 5.09. The van der Waals surface area contributed by atoms with Crippen LogP contribution < -0.4 is 0 Å². The van der Waals surface area contributed by atoms with E-state index in [1.807, 2.05) is 0 Å². The lowest BCUT2D eigenvalue weighted by molar-refractivity contribution is -0.936. The van der Waals surface area contributed by atoms with Crippen molar-refractivity contribution in [2.45, 2.75) is 39.2 Å². The second-order valence-corrected chi connectivity index (χ2v) is 5.65. The van der Waals surface area contributed by atoms with Crippen molar-refractivity contribution in [2.24, 2.45) is 0 Å². The van der Waals surface area contributed by atoms with Gasteiger partial charge < -0.3 is 8.67 Å². The van der Waals surface area contributed by atoms with Crippen molar-refractivity contribution in [2.75, 3.05) is 26.7 Å². The van der Waals surface area contributed by atoms with Crippen molar-refractivity contribution < 1.29 is 13.5 Å². The van der Waals surface area contributed by atoms with E-state index < -0.39 is 0 Å². The Hall–Kier alpha value is -0.0600. The molecule has 1 saturated heterocycles. The number of carbonyl (C=O) groups excluding carboxylic acids is 1. The van der Waals surface area contributed by atoms with Crippen LogP contribution in [-0.4, -0.2) is 42.4 Å². The summed E-state index contributed by atoms with van der Waals surface area (Å²) in [4.78, 5) is 10.7. The van der Waals surface area contributed by atoms with Gasteiger partial charge in [0.2, 0.25) is 5.12 Å².